The molecule has 1 aliphatic heterocycles. The highest BCUT2D eigenvalue weighted by atomic mass is 32.2. The van der Waals surface area contributed by atoms with Crippen molar-refractivity contribution in [2.45, 2.75) is 44.6 Å². The van der Waals surface area contributed by atoms with E-state index in [1.165, 1.54) is 28.8 Å². The minimum atomic E-state index is -4.84. The average Bonchev–Trinajstić information content (AvgIpc) is 2.90. The highest BCUT2D eigenvalue weighted by Crippen LogP contribution is 2.31. The number of aromatic nitrogens is 2. The maximum absolute atomic E-state index is 12.7. The van der Waals surface area contributed by atoms with E-state index in [1.54, 1.807) is 6.07 Å². The Labute approximate surface area is 230 Å². The monoisotopic (exact) mass is 587 g/mol. The van der Waals surface area contributed by atoms with E-state index >= 15 is 0 Å². The Morgan fingerprint density at radius 3 is 2.40 bits per heavy atom. The summed E-state index contributed by atoms with van der Waals surface area (Å²) in [5, 5.41) is 17.4. The Hall–Kier alpha value is -3.24. The number of nitrogens with one attached hydrogen (secondary N) is 2. The van der Waals surface area contributed by atoms with Crippen LogP contribution in [0.1, 0.15) is 31.2 Å². The summed E-state index contributed by atoms with van der Waals surface area (Å²) in [6, 6.07) is 6.01. The average molecular weight is 588 g/mol. The van der Waals surface area contributed by atoms with Crippen molar-refractivity contribution >= 4 is 27.5 Å². The number of nitro groups is 1. The molecule has 0 bridgehead atoms. The molecule has 4 rings (SSSR count). The number of piperazine rings is 1. The predicted molar refractivity (Wildman–Crippen MR) is 141 cm³/mol. The summed E-state index contributed by atoms with van der Waals surface area (Å²) in [6.07, 6.45) is 1.15. The largest absolute Gasteiger partial charge is 0.573 e. The van der Waals surface area contributed by atoms with Gasteiger partial charge in [-0.05, 0) is 37.7 Å². The maximum Gasteiger partial charge on any atom is 0.573 e. The fourth-order valence-corrected chi connectivity index (χ4v) is 5.95. The molecular formula is C24H32F3N7O5S. The molecule has 40 heavy (non-hydrogen) atoms. The second-order valence-corrected chi connectivity index (χ2v) is 11.9. The van der Waals surface area contributed by atoms with Crippen molar-refractivity contribution in [3.63, 3.8) is 0 Å². The van der Waals surface area contributed by atoms with E-state index in [2.05, 4.69) is 30.2 Å². The van der Waals surface area contributed by atoms with E-state index in [-0.39, 0.29) is 41.2 Å². The third-order valence-corrected chi connectivity index (χ3v) is 8.54. The molecular weight excluding hydrogens is 555 g/mol. The number of halogens is 3. The number of sulfonamides is 1. The molecule has 0 atom stereocenters. The molecule has 2 fully saturated rings. The van der Waals surface area contributed by atoms with Gasteiger partial charge in [-0.3, -0.25) is 15.0 Å². The van der Waals surface area contributed by atoms with Crippen molar-refractivity contribution in [2.24, 2.45) is 5.92 Å². The lowest BCUT2D eigenvalue weighted by molar-refractivity contribution is -0.384. The van der Waals surface area contributed by atoms with Gasteiger partial charge in [-0.15, -0.1) is 13.2 Å². The van der Waals surface area contributed by atoms with Gasteiger partial charge in [0, 0.05) is 50.9 Å². The molecule has 2 aromatic rings. The van der Waals surface area contributed by atoms with Gasteiger partial charge in [0.2, 0.25) is 21.8 Å². The lowest BCUT2D eigenvalue weighted by atomic mass is 9.85. The van der Waals surface area contributed by atoms with Crippen LogP contribution in [0.4, 0.5) is 30.6 Å². The smallest absolute Gasteiger partial charge is 0.405 e. The zero-order valence-electron chi connectivity index (χ0n) is 21.9. The molecule has 12 nitrogen and oxygen atoms in total. The lowest BCUT2D eigenvalue weighted by Gasteiger charge is -2.41. The SMILES string of the molecule is CS(=O)(=O)N1CCN(C2CCC(CNc3nc(NCc4ccccc4OC(F)(F)F)ncc3[N+](=O)[O-])CC2)CC1. The van der Waals surface area contributed by atoms with Crippen molar-refractivity contribution in [2.75, 3.05) is 49.6 Å². The van der Waals surface area contributed by atoms with Gasteiger partial charge in [-0.25, -0.2) is 13.4 Å². The van der Waals surface area contributed by atoms with Gasteiger partial charge in [-0.2, -0.15) is 9.29 Å². The Balaban J connectivity index is 1.31. The topological polar surface area (TPSA) is 143 Å². The number of para-hydroxylation sites is 1. The summed E-state index contributed by atoms with van der Waals surface area (Å²) in [7, 11) is -3.17. The Bertz CT molecular complexity index is 1280. The number of ether oxygens (including phenoxy) is 1. The van der Waals surface area contributed by atoms with Crippen LogP contribution in [0.15, 0.2) is 30.5 Å². The van der Waals surface area contributed by atoms with Gasteiger partial charge in [0.25, 0.3) is 0 Å². The number of anilines is 2. The van der Waals surface area contributed by atoms with Crippen LogP contribution in [-0.2, 0) is 16.6 Å². The normalized spacial score (nSPS) is 21.1. The van der Waals surface area contributed by atoms with Gasteiger partial charge in [0.1, 0.15) is 11.9 Å². The Morgan fingerprint density at radius 1 is 1.10 bits per heavy atom. The van der Waals surface area contributed by atoms with Crippen LogP contribution in [0.25, 0.3) is 0 Å². The van der Waals surface area contributed by atoms with Gasteiger partial charge in [0.15, 0.2) is 0 Å². The van der Waals surface area contributed by atoms with Crippen LogP contribution in [0.5, 0.6) is 5.75 Å². The summed E-state index contributed by atoms with van der Waals surface area (Å²) in [6.45, 7) is 2.77. The molecule has 2 aliphatic rings. The Morgan fingerprint density at radius 2 is 1.77 bits per heavy atom. The molecule has 2 N–H and O–H groups in total. The fourth-order valence-electron chi connectivity index (χ4n) is 5.13. The predicted octanol–water partition coefficient (Wildman–Crippen LogP) is 3.44. The molecule has 0 spiro atoms. The molecule has 1 aliphatic carbocycles. The standard InChI is InChI=1S/C24H32F3N7O5S/c1-40(37,38)33-12-10-32(11-13-33)19-8-6-17(7-9-19)14-28-22-20(34(35)36)16-30-23(31-22)29-15-18-4-2-3-5-21(18)39-24(25,26)27/h2-5,16-17,19H,6-15H2,1H3,(H2,28,29,30,31). The van der Waals surface area contributed by atoms with E-state index in [1.807, 2.05) is 0 Å². The first-order valence-electron chi connectivity index (χ1n) is 12.9. The molecule has 1 aromatic heterocycles. The van der Waals surface area contributed by atoms with E-state index < -0.39 is 21.3 Å². The molecule has 1 saturated carbocycles. The lowest BCUT2D eigenvalue weighted by Crippen LogP contribution is -2.52. The molecule has 2 heterocycles. The zero-order valence-corrected chi connectivity index (χ0v) is 22.7. The van der Waals surface area contributed by atoms with E-state index in [0.717, 1.165) is 31.9 Å². The minimum absolute atomic E-state index is 0.0202. The van der Waals surface area contributed by atoms with Crippen molar-refractivity contribution < 1.29 is 31.2 Å². The minimum Gasteiger partial charge on any atom is -0.405 e. The van der Waals surface area contributed by atoms with Crippen molar-refractivity contribution in [3.8, 4) is 5.75 Å². The molecule has 0 radical (unpaired) electrons. The maximum atomic E-state index is 12.7. The van der Waals surface area contributed by atoms with E-state index in [0.29, 0.717) is 38.8 Å². The zero-order chi connectivity index (χ0) is 28.9. The van der Waals surface area contributed by atoms with Crippen LogP contribution in [0, 0.1) is 16.0 Å². The fraction of sp³-hybridized carbons (Fsp3) is 0.583. The van der Waals surface area contributed by atoms with Crippen LogP contribution in [-0.4, -0.2) is 83.9 Å². The number of hydrogen-bond donors (Lipinski definition) is 2. The molecule has 1 saturated heterocycles. The van der Waals surface area contributed by atoms with Gasteiger partial charge in [-0.1, -0.05) is 18.2 Å². The van der Waals surface area contributed by atoms with Crippen LogP contribution >= 0.6 is 0 Å². The second kappa shape index (κ2) is 12.5. The molecule has 0 unspecified atom stereocenters. The summed E-state index contributed by atoms with van der Waals surface area (Å²) >= 11 is 0. The van der Waals surface area contributed by atoms with Crippen molar-refractivity contribution in [1.29, 1.82) is 0 Å². The van der Waals surface area contributed by atoms with Crippen LogP contribution in [0.3, 0.4) is 0 Å². The first-order valence-corrected chi connectivity index (χ1v) is 14.8. The summed E-state index contributed by atoms with van der Waals surface area (Å²) in [5.41, 5.74) is -0.0884. The summed E-state index contributed by atoms with van der Waals surface area (Å²) in [4.78, 5) is 21.4. The number of nitrogens with zero attached hydrogens (tertiary/aromatic N) is 5. The van der Waals surface area contributed by atoms with Gasteiger partial charge < -0.3 is 15.4 Å². The van der Waals surface area contributed by atoms with Crippen LogP contribution < -0.4 is 15.4 Å². The van der Waals surface area contributed by atoms with E-state index in [4.69, 9.17) is 0 Å². The summed E-state index contributed by atoms with van der Waals surface area (Å²) < 4.78 is 67.2. The second-order valence-electron chi connectivity index (χ2n) is 9.95. The van der Waals surface area contributed by atoms with Crippen molar-refractivity contribution in [1.82, 2.24) is 19.2 Å². The van der Waals surface area contributed by atoms with Crippen molar-refractivity contribution in [3.05, 3.63) is 46.1 Å². The first kappa shape index (κ1) is 29.7. The number of rotatable bonds is 10. The summed E-state index contributed by atoms with van der Waals surface area (Å²) in [5.74, 6) is -0.0465. The molecule has 16 heteroatoms. The first-order chi connectivity index (χ1) is 18.9. The molecule has 1 aromatic carbocycles. The quantitative estimate of drug-likeness (QED) is 0.313. The highest BCUT2D eigenvalue weighted by molar-refractivity contribution is 7.88. The highest BCUT2D eigenvalue weighted by Gasteiger charge is 2.32. The Kier molecular flexibility index (Phi) is 9.30. The third-order valence-electron chi connectivity index (χ3n) is 7.23. The molecule has 0 amide bonds. The van der Waals surface area contributed by atoms with Crippen LogP contribution in [0.2, 0.25) is 0 Å². The number of benzene rings is 1. The van der Waals surface area contributed by atoms with Gasteiger partial charge >= 0.3 is 12.0 Å². The number of alkyl halides is 3. The third kappa shape index (κ3) is 8.14. The van der Waals surface area contributed by atoms with Gasteiger partial charge in [0.05, 0.1) is 11.2 Å². The number of hydrogen-bond acceptors (Lipinski definition) is 10. The van der Waals surface area contributed by atoms with E-state index in [9.17, 15) is 31.7 Å². The molecule has 220 valence electrons.